The summed E-state index contributed by atoms with van der Waals surface area (Å²) in [6.07, 6.45) is 5.06. The van der Waals surface area contributed by atoms with Gasteiger partial charge in [-0.3, -0.25) is 9.59 Å². The number of carbonyl (C=O) groups excluding carboxylic acids is 1. The molecule has 3 rings (SSSR count). The molecule has 1 fully saturated rings. The molecule has 26 heavy (non-hydrogen) atoms. The number of likely N-dealkylation sites (tertiary alicyclic amines) is 1. The quantitative estimate of drug-likeness (QED) is 0.829. The Morgan fingerprint density at radius 3 is 2.77 bits per heavy atom. The molecular formula is C19H21ClN2O4. The summed E-state index contributed by atoms with van der Waals surface area (Å²) in [6, 6.07) is 7.13. The van der Waals surface area contributed by atoms with Gasteiger partial charge in [-0.25, -0.2) is 4.98 Å². The summed E-state index contributed by atoms with van der Waals surface area (Å²) in [5, 5.41) is 9.53. The van der Waals surface area contributed by atoms with Gasteiger partial charge in [0.25, 0.3) is 0 Å². The highest BCUT2D eigenvalue weighted by molar-refractivity contribution is 6.30. The fourth-order valence-electron chi connectivity index (χ4n) is 3.29. The van der Waals surface area contributed by atoms with E-state index in [1.165, 1.54) is 6.26 Å². The number of benzene rings is 1. The van der Waals surface area contributed by atoms with Crippen LogP contribution in [0.1, 0.15) is 37.8 Å². The van der Waals surface area contributed by atoms with E-state index in [1.807, 2.05) is 17.0 Å². The van der Waals surface area contributed by atoms with Gasteiger partial charge in [-0.1, -0.05) is 11.6 Å². The van der Waals surface area contributed by atoms with E-state index < -0.39 is 5.97 Å². The van der Waals surface area contributed by atoms with Crippen LogP contribution in [0.4, 0.5) is 0 Å². The van der Waals surface area contributed by atoms with Crippen molar-refractivity contribution in [3.8, 4) is 11.5 Å². The molecule has 1 saturated heterocycles. The largest absolute Gasteiger partial charge is 0.481 e. The van der Waals surface area contributed by atoms with Crippen molar-refractivity contribution in [3.05, 3.63) is 41.2 Å². The maximum absolute atomic E-state index is 12.7. The second-order valence-electron chi connectivity index (χ2n) is 6.50. The van der Waals surface area contributed by atoms with E-state index in [1.54, 1.807) is 12.1 Å². The molecule has 7 heteroatoms. The molecule has 0 unspecified atom stereocenters. The number of oxazole rings is 1. The topological polar surface area (TPSA) is 83.6 Å². The van der Waals surface area contributed by atoms with Crippen molar-refractivity contribution in [3.63, 3.8) is 0 Å². The van der Waals surface area contributed by atoms with Gasteiger partial charge in [-0.05, 0) is 49.9 Å². The number of aliphatic carboxylic acids is 1. The van der Waals surface area contributed by atoms with Crippen molar-refractivity contribution < 1.29 is 19.1 Å². The number of carboxylic acids is 1. The zero-order valence-corrected chi connectivity index (χ0v) is 15.1. The van der Waals surface area contributed by atoms with Crippen LogP contribution in [0.15, 0.2) is 34.9 Å². The Bertz CT molecular complexity index is 772. The molecule has 1 N–H and O–H groups in total. The highest BCUT2D eigenvalue weighted by Crippen LogP contribution is 2.24. The van der Waals surface area contributed by atoms with Crippen molar-refractivity contribution in [2.75, 3.05) is 6.54 Å². The van der Waals surface area contributed by atoms with Gasteiger partial charge in [0.15, 0.2) is 0 Å². The minimum atomic E-state index is -0.827. The number of amides is 1. The number of halogens is 1. The second kappa shape index (κ2) is 8.36. The third kappa shape index (κ3) is 4.64. The monoisotopic (exact) mass is 376 g/mol. The maximum Gasteiger partial charge on any atom is 0.303 e. The molecular weight excluding hydrogens is 356 g/mol. The first-order valence-electron chi connectivity index (χ1n) is 8.74. The van der Waals surface area contributed by atoms with Crippen LogP contribution < -0.4 is 0 Å². The Morgan fingerprint density at radius 1 is 1.27 bits per heavy atom. The molecule has 1 aromatic heterocycles. The number of piperidine rings is 1. The lowest BCUT2D eigenvalue weighted by molar-refractivity contribution is -0.139. The summed E-state index contributed by atoms with van der Waals surface area (Å²) in [5.74, 6) is -0.409. The molecule has 0 aliphatic carbocycles. The molecule has 0 saturated carbocycles. The molecule has 1 aliphatic rings. The number of hydrogen-bond donors (Lipinski definition) is 1. The molecule has 6 nitrogen and oxygen atoms in total. The van der Waals surface area contributed by atoms with Crippen LogP contribution >= 0.6 is 11.6 Å². The summed E-state index contributed by atoms with van der Waals surface area (Å²) in [4.78, 5) is 29.7. The molecule has 1 aromatic carbocycles. The van der Waals surface area contributed by atoms with Crippen molar-refractivity contribution in [2.45, 2.75) is 44.6 Å². The lowest BCUT2D eigenvalue weighted by Crippen LogP contribution is -2.44. The summed E-state index contributed by atoms with van der Waals surface area (Å²) in [6.45, 7) is 0.672. The molecule has 1 amide bonds. The van der Waals surface area contributed by atoms with E-state index in [-0.39, 0.29) is 24.8 Å². The molecule has 0 bridgehead atoms. The molecule has 2 aromatic rings. The van der Waals surface area contributed by atoms with Crippen molar-refractivity contribution in [1.29, 1.82) is 0 Å². The van der Waals surface area contributed by atoms with Gasteiger partial charge in [-0.15, -0.1) is 0 Å². The van der Waals surface area contributed by atoms with E-state index in [4.69, 9.17) is 21.1 Å². The number of hydrogen-bond acceptors (Lipinski definition) is 4. The Balaban J connectivity index is 1.65. The SMILES string of the molecule is O=C(O)CC[C@@H]1CCCCN1C(=O)Cc1coc(-c2ccc(Cl)cc2)n1. The van der Waals surface area contributed by atoms with Crippen molar-refractivity contribution >= 4 is 23.5 Å². The van der Waals surface area contributed by atoms with Crippen molar-refractivity contribution in [1.82, 2.24) is 9.88 Å². The predicted octanol–water partition coefficient (Wildman–Crippen LogP) is 3.78. The summed E-state index contributed by atoms with van der Waals surface area (Å²) >= 11 is 5.88. The fraction of sp³-hybridized carbons (Fsp3) is 0.421. The predicted molar refractivity (Wildman–Crippen MR) is 96.9 cm³/mol. The number of nitrogens with zero attached hydrogens (tertiary/aromatic N) is 2. The average Bonchev–Trinajstić information content (AvgIpc) is 3.09. The first kappa shape index (κ1) is 18.5. The third-order valence-electron chi connectivity index (χ3n) is 4.61. The number of carbonyl (C=O) groups is 2. The number of aromatic nitrogens is 1. The minimum Gasteiger partial charge on any atom is -0.481 e. The summed E-state index contributed by atoms with van der Waals surface area (Å²) < 4.78 is 5.48. The fourth-order valence-corrected chi connectivity index (χ4v) is 3.41. The molecule has 0 radical (unpaired) electrons. The minimum absolute atomic E-state index is 0.00464. The van der Waals surface area contributed by atoms with Gasteiger partial charge < -0.3 is 14.4 Å². The molecule has 0 spiro atoms. The van der Waals surface area contributed by atoms with Gasteiger partial charge in [0, 0.05) is 29.6 Å². The van der Waals surface area contributed by atoms with Crippen LogP contribution in [0.3, 0.4) is 0 Å². The lowest BCUT2D eigenvalue weighted by atomic mass is 9.97. The van der Waals surface area contributed by atoms with E-state index >= 15 is 0 Å². The second-order valence-corrected chi connectivity index (χ2v) is 6.93. The highest BCUT2D eigenvalue weighted by Gasteiger charge is 2.27. The van der Waals surface area contributed by atoms with Gasteiger partial charge >= 0.3 is 5.97 Å². The van der Waals surface area contributed by atoms with Crippen LogP contribution in [0.2, 0.25) is 5.02 Å². The Labute approximate surface area is 156 Å². The molecule has 1 aliphatic heterocycles. The molecule has 138 valence electrons. The highest BCUT2D eigenvalue weighted by atomic mass is 35.5. The van der Waals surface area contributed by atoms with Crippen LogP contribution in [0.5, 0.6) is 0 Å². The Hall–Kier alpha value is -2.34. The number of rotatable bonds is 6. The van der Waals surface area contributed by atoms with E-state index in [0.29, 0.717) is 29.6 Å². The maximum atomic E-state index is 12.7. The summed E-state index contributed by atoms with van der Waals surface area (Å²) in [7, 11) is 0. The van der Waals surface area contributed by atoms with E-state index in [0.717, 1.165) is 24.8 Å². The first-order chi connectivity index (χ1) is 12.5. The summed E-state index contributed by atoms with van der Waals surface area (Å²) in [5.41, 5.74) is 1.37. The van der Waals surface area contributed by atoms with Gasteiger partial charge in [0.05, 0.1) is 12.1 Å². The molecule has 2 heterocycles. The van der Waals surface area contributed by atoms with Crippen LogP contribution in [-0.4, -0.2) is 39.5 Å². The van der Waals surface area contributed by atoms with E-state index in [9.17, 15) is 9.59 Å². The number of carboxylic acid groups (broad SMARTS) is 1. The Morgan fingerprint density at radius 2 is 2.04 bits per heavy atom. The Kier molecular flexibility index (Phi) is 5.93. The standard InChI is InChI=1S/C19H21ClN2O4/c20-14-6-4-13(5-7-14)19-21-15(12-26-19)11-17(23)22-10-2-1-3-16(22)8-9-18(24)25/h4-7,12,16H,1-3,8-11H2,(H,24,25)/t16-/m0/s1. The van der Waals surface area contributed by atoms with Crippen molar-refractivity contribution in [2.24, 2.45) is 0 Å². The van der Waals surface area contributed by atoms with Crippen LogP contribution in [-0.2, 0) is 16.0 Å². The molecule has 1 atom stereocenters. The lowest BCUT2D eigenvalue weighted by Gasteiger charge is -2.35. The normalized spacial score (nSPS) is 17.3. The van der Waals surface area contributed by atoms with Crippen LogP contribution in [0, 0.1) is 0 Å². The van der Waals surface area contributed by atoms with Gasteiger partial charge in [-0.2, -0.15) is 0 Å². The zero-order chi connectivity index (χ0) is 18.5. The van der Waals surface area contributed by atoms with Crippen LogP contribution in [0.25, 0.3) is 11.5 Å². The third-order valence-corrected chi connectivity index (χ3v) is 4.87. The van der Waals surface area contributed by atoms with Gasteiger partial charge in [0.2, 0.25) is 11.8 Å². The van der Waals surface area contributed by atoms with E-state index in [2.05, 4.69) is 4.98 Å². The first-order valence-corrected chi connectivity index (χ1v) is 9.12. The van der Waals surface area contributed by atoms with Gasteiger partial charge in [0.1, 0.15) is 6.26 Å². The smallest absolute Gasteiger partial charge is 0.303 e. The average molecular weight is 377 g/mol. The zero-order valence-electron chi connectivity index (χ0n) is 14.4.